The first-order chi connectivity index (χ1) is 17.2. The van der Waals surface area contributed by atoms with Gasteiger partial charge in [-0.2, -0.15) is 5.10 Å². The van der Waals surface area contributed by atoms with Gasteiger partial charge in [0.1, 0.15) is 0 Å². The molecule has 1 amide bonds. The summed E-state index contributed by atoms with van der Waals surface area (Å²) in [7, 11) is 1.69. The minimum absolute atomic E-state index is 0.0758. The summed E-state index contributed by atoms with van der Waals surface area (Å²) in [5.41, 5.74) is 3.26. The van der Waals surface area contributed by atoms with Crippen LogP contribution >= 0.6 is 0 Å². The van der Waals surface area contributed by atoms with Gasteiger partial charge in [0.15, 0.2) is 11.5 Å². The summed E-state index contributed by atoms with van der Waals surface area (Å²) in [5, 5.41) is 6.80. The quantitative estimate of drug-likeness (QED) is 0.529. The van der Waals surface area contributed by atoms with Crippen LogP contribution in [0, 0.1) is 0 Å². The van der Waals surface area contributed by atoms with E-state index in [4.69, 9.17) is 9.47 Å². The van der Waals surface area contributed by atoms with E-state index in [1.54, 1.807) is 19.5 Å². The van der Waals surface area contributed by atoms with Crippen LogP contribution in [0.15, 0.2) is 60.9 Å². The van der Waals surface area contributed by atoms with Crippen molar-refractivity contribution in [1.82, 2.24) is 15.1 Å². The van der Waals surface area contributed by atoms with E-state index in [2.05, 4.69) is 56.4 Å². The summed E-state index contributed by atoms with van der Waals surface area (Å²) < 4.78 is 11.9. The molecule has 1 aliphatic heterocycles. The SMILES string of the molecule is COc1ccc(N2CCN(C(=O)Cc3cn[nH]c3)C(Cc3ccccc3)C2)cc1OC1CCCC1. The van der Waals surface area contributed by atoms with Crippen LogP contribution in [0.4, 0.5) is 5.69 Å². The van der Waals surface area contributed by atoms with E-state index in [1.165, 1.54) is 18.4 Å². The molecule has 1 aliphatic carbocycles. The van der Waals surface area contributed by atoms with Gasteiger partial charge in [0.05, 0.1) is 31.9 Å². The highest BCUT2D eigenvalue weighted by atomic mass is 16.5. The average Bonchev–Trinajstić information content (AvgIpc) is 3.59. The zero-order chi connectivity index (χ0) is 24.0. The van der Waals surface area contributed by atoms with Crippen molar-refractivity contribution in [2.45, 2.75) is 50.7 Å². The summed E-state index contributed by atoms with van der Waals surface area (Å²) in [5.74, 6) is 1.73. The maximum absolute atomic E-state index is 13.3. The highest BCUT2D eigenvalue weighted by Gasteiger charge is 2.31. The first-order valence-electron chi connectivity index (χ1n) is 12.6. The van der Waals surface area contributed by atoms with Crippen molar-refractivity contribution in [3.8, 4) is 11.5 Å². The van der Waals surface area contributed by atoms with Crippen LogP contribution in [0.1, 0.15) is 36.8 Å². The van der Waals surface area contributed by atoms with Crippen molar-refractivity contribution >= 4 is 11.6 Å². The Balaban J connectivity index is 1.35. The number of benzene rings is 2. The van der Waals surface area contributed by atoms with Crippen molar-refractivity contribution in [2.75, 3.05) is 31.6 Å². The van der Waals surface area contributed by atoms with Crippen molar-refractivity contribution < 1.29 is 14.3 Å². The van der Waals surface area contributed by atoms with Crippen molar-refractivity contribution in [2.24, 2.45) is 0 Å². The second kappa shape index (κ2) is 10.8. The first-order valence-corrected chi connectivity index (χ1v) is 12.6. The van der Waals surface area contributed by atoms with Gasteiger partial charge < -0.3 is 19.3 Å². The lowest BCUT2D eigenvalue weighted by Gasteiger charge is -2.43. The van der Waals surface area contributed by atoms with Gasteiger partial charge in [-0.3, -0.25) is 9.89 Å². The van der Waals surface area contributed by atoms with Crippen LogP contribution in [-0.4, -0.2) is 59.9 Å². The van der Waals surface area contributed by atoms with Crippen LogP contribution in [0.2, 0.25) is 0 Å². The molecule has 5 rings (SSSR count). The fraction of sp³-hybridized carbons (Fsp3) is 0.429. The summed E-state index contributed by atoms with van der Waals surface area (Å²) in [4.78, 5) is 17.7. The molecule has 2 fully saturated rings. The largest absolute Gasteiger partial charge is 0.493 e. The number of H-pyrrole nitrogens is 1. The second-order valence-corrected chi connectivity index (χ2v) is 9.52. The summed E-state index contributed by atoms with van der Waals surface area (Å²) in [6.07, 6.45) is 9.62. The van der Waals surface area contributed by atoms with Gasteiger partial charge in [0.25, 0.3) is 0 Å². The highest BCUT2D eigenvalue weighted by Crippen LogP contribution is 2.36. The first kappa shape index (κ1) is 23.3. The number of carbonyl (C=O) groups excluding carboxylic acids is 1. The lowest BCUT2D eigenvalue weighted by atomic mass is 10.0. The average molecular weight is 475 g/mol. The van der Waals surface area contributed by atoms with Crippen molar-refractivity contribution in [1.29, 1.82) is 0 Å². The van der Waals surface area contributed by atoms with E-state index in [-0.39, 0.29) is 18.1 Å². The lowest BCUT2D eigenvalue weighted by molar-refractivity contribution is -0.133. The van der Waals surface area contributed by atoms with Crippen LogP contribution < -0.4 is 14.4 Å². The molecule has 2 aromatic carbocycles. The van der Waals surface area contributed by atoms with Crippen molar-refractivity contribution in [3.05, 3.63) is 72.1 Å². The van der Waals surface area contributed by atoms with Gasteiger partial charge >= 0.3 is 0 Å². The molecule has 1 N–H and O–H groups in total. The number of rotatable bonds is 8. The minimum Gasteiger partial charge on any atom is -0.493 e. The number of aromatic amines is 1. The third-order valence-corrected chi connectivity index (χ3v) is 7.14. The summed E-state index contributed by atoms with van der Waals surface area (Å²) in [6, 6.07) is 16.7. The fourth-order valence-corrected chi connectivity index (χ4v) is 5.27. The van der Waals surface area contributed by atoms with Crippen molar-refractivity contribution in [3.63, 3.8) is 0 Å². The van der Waals surface area contributed by atoms with E-state index in [0.717, 1.165) is 55.1 Å². The molecule has 3 aromatic rings. The number of piperazine rings is 1. The molecule has 1 atom stereocenters. The standard InChI is InChI=1S/C28H34N4O3/c1-34-26-12-11-23(17-27(26)35-25-9-5-6-10-25)31-13-14-32(28(33)16-22-18-29-30-19-22)24(20-31)15-21-7-3-2-4-8-21/h2-4,7-8,11-12,17-19,24-25H,5-6,9-10,13-16,20H2,1H3,(H,29,30). The molecule has 1 unspecified atom stereocenters. The monoisotopic (exact) mass is 474 g/mol. The smallest absolute Gasteiger partial charge is 0.227 e. The fourth-order valence-electron chi connectivity index (χ4n) is 5.27. The van der Waals surface area contributed by atoms with Gasteiger partial charge in [0, 0.05) is 37.6 Å². The number of nitrogens with zero attached hydrogens (tertiary/aromatic N) is 3. The Bertz CT molecular complexity index is 1100. The molecule has 0 spiro atoms. The zero-order valence-corrected chi connectivity index (χ0v) is 20.4. The number of hydrogen-bond acceptors (Lipinski definition) is 5. The topological polar surface area (TPSA) is 70.7 Å². The Hall–Kier alpha value is -3.48. The molecule has 35 heavy (non-hydrogen) atoms. The molecule has 7 heteroatoms. The highest BCUT2D eigenvalue weighted by molar-refractivity contribution is 5.79. The Kier molecular flexibility index (Phi) is 7.21. The number of ether oxygens (including phenoxy) is 2. The van der Waals surface area contributed by atoms with E-state index >= 15 is 0 Å². The third-order valence-electron chi connectivity index (χ3n) is 7.14. The normalized spacial score (nSPS) is 18.6. The Morgan fingerprint density at radius 3 is 2.63 bits per heavy atom. The maximum Gasteiger partial charge on any atom is 0.227 e. The summed E-state index contributed by atoms with van der Waals surface area (Å²) >= 11 is 0. The van der Waals surface area contributed by atoms with Crippen LogP contribution in [0.3, 0.4) is 0 Å². The molecular formula is C28H34N4O3. The Morgan fingerprint density at radius 1 is 1.06 bits per heavy atom. The van der Waals surface area contributed by atoms with E-state index in [1.807, 2.05) is 12.1 Å². The minimum atomic E-state index is 0.0758. The van der Waals surface area contributed by atoms with Crippen LogP contribution in [0.25, 0.3) is 0 Å². The van der Waals surface area contributed by atoms with Gasteiger partial charge in [0.2, 0.25) is 5.91 Å². The molecule has 2 aliphatic rings. The van der Waals surface area contributed by atoms with E-state index in [9.17, 15) is 4.79 Å². The van der Waals surface area contributed by atoms with Gasteiger partial charge in [-0.05, 0) is 55.4 Å². The van der Waals surface area contributed by atoms with Crippen LogP contribution in [0.5, 0.6) is 11.5 Å². The predicted molar refractivity (Wildman–Crippen MR) is 136 cm³/mol. The third kappa shape index (κ3) is 5.61. The molecule has 0 radical (unpaired) electrons. The summed E-state index contributed by atoms with van der Waals surface area (Å²) in [6.45, 7) is 2.22. The lowest BCUT2D eigenvalue weighted by Crippen LogP contribution is -2.56. The van der Waals surface area contributed by atoms with Crippen LogP contribution in [-0.2, 0) is 17.6 Å². The number of carbonyl (C=O) groups is 1. The van der Waals surface area contributed by atoms with Gasteiger partial charge in [-0.15, -0.1) is 0 Å². The number of amides is 1. The van der Waals surface area contributed by atoms with E-state index < -0.39 is 0 Å². The molecule has 184 valence electrons. The number of nitrogens with one attached hydrogen (secondary N) is 1. The van der Waals surface area contributed by atoms with Gasteiger partial charge in [-0.25, -0.2) is 0 Å². The number of anilines is 1. The molecular weight excluding hydrogens is 440 g/mol. The molecule has 0 bridgehead atoms. The molecule has 1 aromatic heterocycles. The molecule has 2 heterocycles. The number of hydrogen-bond donors (Lipinski definition) is 1. The Morgan fingerprint density at radius 2 is 1.89 bits per heavy atom. The number of aromatic nitrogens is 2. The van der Waals surface area contributed by atoms with Gasteiger partial charge in [-0.1, -0.05) is 30.3 Å². The zero-order valence-electron chi connectivity index (χ0n) is 20.4. The second-order valence-electron chi connectivity index (χ2n) is 9.52. The molecule has 1 saturated carbocycles. The predicted octanol–water partition coefficient (Wildman–Crippen LogP) is 4.24. The Labute approximate surface area is 207 Å². The molecule has 1 saturated heterocycles. The van der Waals surface area contributed by atoms with E-state index in [0.29, 0.717) is 13.0 Å². The number of methoxy groups -OCH3 is 1. The maximum atomic E-state index is 13.3. The molecule has 7 nitrogen and oxygen atoms in total.